The molecule has 1 fully saturated rings. The number of aromatic nitrogens is 2. The Balaban J connectivity index is 1.72. The largest absolute Gasteiger partial charge is 0.474 e. The van der Waals surface area contributed by atoms with E-state index in [1.807, 2.05) is 0 Å². The topological polar surface area (TPSA) is 98.2 Å². The van der Waals surface area contributed by atoms with Crippen molar-refractivity contribution in [2.45, 2.75) is 50.0 Å². The molecular weight excluding hydrogens is 366 g/mol. The Labute approximate surface area is 159 Å². The Hall–Kier alpha value is -2.48. The highest BCUT2D eigenvalue weighted by atomic mass is 32.2. The van der Waals surface area contributed by atoms with Crippen LogP contribution in [0.15, 0.2) is 35.5 Å². The number of sulfone groups is 1. The third kappa shape index (κ3) is 5.03. The van der Waals surface area contributed by atoms with Gasteiger partial charge in [-0.15, -0.1) is 0 Å². The maximum atomic E-state index is 12.5. The first-order chi connectivity index (χ1) is 12.8. The Morgan fingerprint density at radius 2 is 1.89 bits per heavy atom. The highest BCUT2D eigenvalue weighted by Gasteiger charge is 2.17. The molecule has 1 heterocycles. The van der Waals surface area contributed by atoms with Gasteiger partial charge in [-0.1, -0.05) is 6.42 Å². The van der Waals surface area contributed by atoms with Crippen LogP contribution in [0.4, 0.5) is 5.69 Å². The van der Waals surface area contributed by atoms with Gasteiger partial charge in [0.1, 0.15) is 18.1 Å². The van der Waals surface area contributed by atoms with E-state index in [2.05, 4.69) is 15.3 Å². The Bertz CT molecular complexity index is 938. The summed E-state index contributed by atoms with van der Waals surface area (Å²) in [7, 11) is -3.29. The lowest BCUT2D eigenvalue weighted by Gasteiger charge is -2.22. The van der Waals surface area contributed by atoms with Crippen LogP contribution in [-0.4, -0.2) is 36.7 Å². The fourth-order valence-electron chi connectivity index (χ4n) is 3.08. The molecule has 3 rings (SSSR count). The summed E-state index contributed by atoms with van der Waals surface area (Å²) in [4.78, 5) is 20.8. The normalized spacial score (nSPS) is 15.3. The number of hydrogen-bond donors (Lipinski definition) is 1. The van der Waals surface area contributed by atoms with Crippen molar-refractivity contribution in [3.8, 4) is 5.88 Å². The first-order valence-electron chi connectivity index (χ1n) is 8.94. The van der Waals surface area contributed by atoms with Crippen LogP contribution in [0.3, 0.4) is 0 Å². The van der Waals surface area contributed by atoms with Gasteiger partial charge in [0.05, 0.1) is 4.90 Å². The molecule has 1 N–H and O–H groups in total. The fourth-order valence-corrected chi connectivity index (χ4v) is 3.78. The molecule has 1 saturated carbocycles. The first-order valence-corrected chi connectivity index (χ1v) is 10.8. The Morgan fingerprint density at radius 1 is 1.15 bits per heavy atom. The van der Waals surface area contributed by atoms with Crippen molar-refractivity contribution >= 4 is 21.4 Å². The van der Waals surface area contributed by atoms with E-state index in [1.165, 1.54) is 30.9 Å². The van der Waals surface area contributed by atoms with Crippen molar-refractivity contribution in [3.05, 3.63) is 41.9 Å². The molecule has 8 heteroatoms. The van der Waals surface area contributed by atoms with Crippen LogP contribution >= 0.6 is 0 Å². The van der Waals surface area contributed by atoms with Crippen molar-refractivity contribution in [1.29, 1.82) is 0 Å². The van der Waals surface area contributed by atoms with Gasteiger partial charge in [0.2, 0.25) is 5.88 Å². The van der Waals surface area contributed by atoms with Crippen molar-refractivity contribution in [2.75, 3.05) is 11.6 Å². The summed E-state index contributed by atoms with van der Waals surface area (Å²) in [6, 6.07) is 6.10. The molecule has 1 aromatic heterocycles. The third-order valence-electron chi connectivity index (χ3n) is 4.59. The molecule has 0 bridgehead atoms. The molecule has 1 aliphatic rings. The minimum Gasteiger partial charge on any atom is -0.474 e. The van der Waals surface area contributed by atoms with Gasteiger partial charge in [-0.3, -0.25) is 4.79 Å². The fraction of sp³-hybridized carbons (Fsp3) is 0.421. The van der Waals surface area contributed by atoms with Gasteiger partial charge in [0.25, 0.3) is 5.91 Å². The summed E-state index contributed by atoms with van der Waals surface area (Å²) in [6.45, 7) is 1.74. The van der Waals surface area contributed by atoms with Crippen molar-refractivity contribution in [1.82, 2.24) is 9.97 Å². The van der Waals surface area contributed by atoms with Gasteiger partial charge in [0, 0.05) is 18.0 Å². The number of amides is 1. The van der Waals surface area contributed by atoms with Gasteiger partial charge < -0.3 is 10.1 Å². The molecule has 144 valence electrons. The highest BCUT2D eigenvalue weighted by molar-refractivity contribution is 7.90. The number of carbonyl (C=O) groups excluding carboxylic acids is 1. The number of rotatable bonds is 5. The monoisotopic (exact) mass is 389 g/mol. The van der Waals surface area contributed by atoms with Crippen LogP contribution in [0.1, 0.15) is 48.2 Å². The molecule has 7 nitrogen and oxygen atoms in total. The average molecular weight is 389 g/mol. The third-order valence-corrected chi connectivity index (χ3v) is 5.70. The molecule has 0 aliphatic heterocycles. The SMILES string of the molecule is Cc1cc(S(C)(=O)=O)ccc1NC(=O)c1cc(OC2CCCCC2)ncn1. The summed E-state index contributed by atoms with van der Waals surface area (Å²) in [5.74, 6) is -0.00713. The summed E-state index contributed by atoms with van der Waals surface area (Å²) in [6.07, 6.45) is 8.11. The highest BCUT2D eigenvalue weighted by Crippen LogP contribution is 2.23. The lowest BCUT2D eigenvalue weighted by atomic mass is 9.98. The second kappa shape index (κ2) is 8.04. The number of carbonyl (C=O) groups is 1. The Morgan fingerprint density at radius 3 is 2.56 bits per heavy atom. The molecule has 0 spiro atoms. The van der Waals surface area contributed by atoms with E-state index in [0.29, 0.717) is 17.1 Å². The second-order valence-electron chi connectivity index (χ2n) is 6.82. The second-order valence-corrected chi connectivity index (χ2v) is 8.84. The summed E-state index contributed by atoms with van der Waals surface area (Å²) in [5, 5.41) is 2.76. The lowest BCUT2D eigenvalue weighted by Crippen LogP contribution is -2.21. The number of ether oxygens (including phenoxy) is 1. The Kier molecular flexibility index (Phi) is 5.74. The quantitative estimate of drug-likeness (QED) is 0.843. The van der Waals surface area contributed by atoms with Crippen LogP contribution < -0.4 is 10.1 Å². The summed E-state index contributed by atoms with van der Waals surface area (Å²) >= 11 is 0. The zero-order chi connectivity index (χ0) is 19.4. The van der Waals surface area contributed by atoms with Crippen molar-refractivity contribution < 1.29 is 17.9 Å². The summed E-state index contributed by atoms with van der Waals surface area (Å²) < 4.78 is 29.1. The minimum absolute atomic E-state index is 0.135. The van der Waals surface area contributed by atoms with Crippen molar-refractivity contribution in [2.24, 2.45) is 0 Å². The van der Waals surface area contributed by atoms with Crippen LogP contribution in [0.2, 0.25) is 0 Å². The van der Waals surface area contributed by atoms with Gasteiger partial charge in [-0.2, -0.15) is 0 Å². The molecule has 1 aliphatic carbocycles. The van der Waals surface area contributed by atoms with E-state index >= 15 is 0 Å². The predicted octanol–water partition coefficient (Wildman–Crippen LogP) is 3.15. The number of nitrogens with one attached hydrogen (secondary N) is 1. The zero-order valence-corrected chi connectivity index (χ0v) is 16.3. The standard InChI is InChI=1S/C19H23N3O4S/c1-13-10-15(27(2,24)25)8-9-16(13)22-19(23)17-11-18(21-12-20-17)26-14-6-4-3-5-7-14/h8-12,14H,3-7H2,1-2H3,(H,22,23). The molecule has 0 atom stereocenters. The molecule has 27 heavy (non-hydrogen) atoms. The molecule has 0 unspecified atom stereocenters. The van der Waals surface area contributed by atoms with Crippen LogP contribution in [0.25, 0.3) is 0 Å². The number of nitrogens with zero attached hydrogens (tertiary/aromatic N) is 2. The summed E-state index contributed by atoms with van der Waals surface area (Å²) in [5.41, 5.74) is 1.38. The van der Waals surface area contributed by atoms with Gasteiger partial charge in [0.15, 0.2) is 9.84 Å². The predicted molar refractivity (Wildman–Crippen MR) is 102 cm³/mol. The van der Waals surface area contributed by atoms with Crippen molar-refractivity contribution in [3.63, 3.8) is 0 Å². The molecular formula is C19H23N3O4S. The number of anilines is 1. The molecule has 1 aromatic carbocycles. The smallest absolute Gasteiger partial charge is 0.274 e. The molecule has 0 saturated heterocycles. The van der Waals surface area contributed by atoms with E-state index in [1.54, 1.807) is 13.0 Å². The van der Waals surface area contributed by atoms with E-state index in [0.717, 1.165) is 31.9 Å². The zero-order valence-electron chi connectivity index (χ0n) is 15.4. The van der Waals surface area contributed by atoms with Crippen LogP contribution in [0.5, 0.6) is 5.88 Å². The van der Waals surface area contributed by atoms with Gasteiger partial charge in [-0.25, -0.2) is 18.4 Å². The molecule has 0 radical (unpaired) electrons. The number of aryl methyl sites for hydroxylation is 1. The van der Waals surface area contributed by atoms with Gasteiger partial charge >= 0.3 is 0 Å². The van der Waals surface area contributed by atoms with Gasteiger partial charge in [-0.05, 0) is 56.4 Å². The molecule has 2 aromatic rings. The van der Waals surface area contributed by atoms with E-state index < -0.39 is 15.7 Å². The number of hydrogen-bond acceptors (Lipinski definition) is 6. The maximum Gasteiger partial charge on any atom is 0.274 e. The minimum atomic E-state index is -3.29. The van der Waals surface area contributed by atoms with E-state index in [4.69, 9.17) is 4.74 Å². The maximum absolute atomic E-state index is 12.5. The van der Waals surface area contributed by atoms with E-state index in [-0.39, 0.29) is 16.7 Å². The lowest BCUT2D eigenvalue weighted by molar-refractivity contribution is 0.101. The first kappa shape index (κ1) is 19.3. The van der Waals surface area contributed by atoms with E-state index in [9.17, 15) is 13.2 Å². The average Bonchev–Trinajstić information content (AvgIpc) is 2.63. The van der Waals surface area contributed by atoms with Crippen LogP contribution in [0, 0.1) is 6.92 Å². The molecule has 1 amide bonds. The number of benzene rings is 1. The van der Waals surface area contributed by atoms with Crippen LogP contribution in [-0.2, 0) is 9.84 Å².